The molecule has 6 nitrogen and oxygen atoms in total. The second-order valence-electron chi connectivity index (χ2n) is 5.51. The Morgan fingerprint density at radius 1 is 1.32 bits per heavy atom. The quantitative estimate of drug-likeness (QED) is 0.570. The summed E-state index contributed by atoms with van der Waals surface area (Å²) in [6, 6.07) is 5.08. The molecule has 0 unspecified atom stereocenters. The first kappa shape index (κ1) is 18.8. The molecule has 0 saturated heterocycles. The summed E-state index contributed by atoms with van der Waals surface area (Å²) in [7, 11) is 0. The molecular weight excluding hydrogens is 359 g/mol. The maximum Gasteiger partial charge on any atom is 0.418 e. The number of nitrogens with two attached hydrogens (primary N) is 1. The molecule has 1 aromatic heterocycles. The number of para-hydroxylation sites is 1. The fourth-order valence-corrected chi connectivity index (χ4v) is 2.56. The first-order valence-corrected chi connectivity index (χ1v) is 7.19. The number of nitrogens with zero attached hydrogens (tertiary/aromatic N) is 2. The number of nitrogens with one attached hydrogen (secondary N) is 2. The van der Waals surface area contributed by atoms with Crippen molar-refractivity contribution < 1.29 is 18.0 Å². The predicted molar refractivity (Wildman–Crippen MR) is 87.2 cm³/mol. The maximum atomic E-state index is 13.3. The SMILES string of the molecule is Cl.N=C(N)NC(=O)c1cnn(-c2ccccc2C(F)(F)F)c1C1CC1. The van der Waals surface area contributed by atoms with Gasteiger partial charge in [0.15, 0.2) is 5.96 Å². The minimum Gasteiger partial charge on any atom is -0.370 e. The third-order valence-electron chi connectivity index (χ3n) is 3.70. The van der Waals surface area contributed by atoms with Crippen LogP contribution in [0.3, 0.4) is 0 Å². The first-order valence-electron chi connectivity index (χ1n) is 7.19. The molecule has 0 bridgehead atoms. The number of halogens is 4. The van der Waals surface area contributed by atoms with Gasteiger partial charge < -0.3 is 5.73 Å². The molecule has 2 aromatic rings. The van der Waals surface area contributed by atoms with Crippen molar-refractivity contribution >= 4 is 24.3 Å². The molecule has 25 heavy (non-hydrogen) atoms. The summed E-state index contributed by atoms with van der Waals surface area (Å²) in [5.41, 5.74) is 4.73. The Bertz CT molecular complexity index is 814. The molecule has 1 aliphatic carbocycles. The number of carbonyl (C=O) groups is 1. The van der Waals surface area contributed by atoms with Gasteiger partial charge in [0.05, 0.1) is 28.7 Å². The van der Waals surface area contributed by atoms with Crippen LogP contribution in [0.15, 0.2) is 30.5 Å². The average molecular weight is 374 g/mol. The minimum atomic E-state index is -4.54. The zero-order valence-corrected chi connectivity index (χ0v) is 13.6. The minimum absolute atomic E-state index is 0. The van der Waals surface area contributed by atoms with E-state index in [-0.39, 0.29) is 29.6 Å². The summed E-state index contributed by atoms with van der Waals surface area (Å²) in [6.07, 6.45) is -1.80. The molecule has 1 aliphatic rings. The standard InChI is InChI=1S/C15H14F3N5O.ClH/c16-15(17,18)10-3-1-2-4-11(10)23-12(8-5-6-8)9(7-21-23)13(24)22-14(19)20;/h1-4,7-8H,5-6H2,(H4,19,20,22,24);1H. The van der Waals surface area contributed by atoms with Crippen molar-refractivity contribution in [2.24, 2.45) is 5.73 Å². The van der Waals surface area contributed by atoms with E-state index in [9.17, 15) is 18.0 Å². The van der Waals surface area contributed by atoms with E-state index in [4.69, 9.17) is 11.1 Å². The molecule has 1 saturated carbocycles. The van der Waals surface area contributed by atoms with Gasteiger partial charge in [-0.25, -0.2) is 4.68 Å². The Morgan fingerprint density at radius 2 is 1.96 bits per heavy atom. The van der Waals surface area contributed by atoms with Crippen molar-refractivity contribution in [1.29, 1.82) is 5.41 Å². The molecule has 10 heteroatoms. The summed E-state index contributed by atoms with van der Waals surface area (Å²) in [4.78, 5) is 12.1. The third kappa shape index (κ3) is 3.76. The number of aromatic nitrogens is 2. The van der Waals surface area contributed by atoms with E-state index in [0.29, 0.717) is 5.69 Å². The van der Waals surface area contributed by atoms with Gasteiger partial charge in [-0.15, -0.1) is 12.4 Å². The Hall–Kier alpha value is -2.55. The predicted octanol–water partition coefficient (Wildman–Crippen LogP) is 2.81. The summed E-state index contributed by atoms with van der Waals surface area (Å²) in [6.45, 7) is 0. The van der Waals surface area contributed by atoms with Crippen LogP contribution >= 0.6 is 12.4 Å². The molecule has 0 atom stereocenters. The number of amides is 1. The summed E-state index contributed by atoms with van der Waals surface area (Å²) >= 11 is 0. The average Bonchev–Trinajstić information content (AvgIpc) is 3.23. The number of benzene rings is 1. The van der Waals surface area contributed by atoms with Gasteiger partial charge in [0.25, 0.3) is 5.91 Å². The second kappa shape index (κ2) is 6.75. The fourth-order valence-electron chi connectivity index (χ4n) is 2.56. The monoisotopic (exact) mass is 373 g/mol. The van der Waals surface area contributed by atoms with E-state index in [2.05, 4.69) is 10.4 Å². The van der Waals surface area contributed by atoms with Crippen molar-refractivity contribution in [3.63, 3.8) is 0 Å². The van der Waals surface area contributed by atoms with Crippen LogP contribution in [0.4, 0.5) is 13.2 Å². The number of rotatable bonds is 3. The highest BCUT2D eigenvalue weighted by Crippen LogP contribution is 2.43. The van der Waals surface area contributed by atoms with E-state index in [1.54, 1.807) is 0 Å². The van der Waals surface area contributed by atoms with Crippen LogP contribution in [-0.2, 0) is 6.18 Å². The lowest BCUT2D eigenvalue weighted by Crippen LogP contribution is -2.36. The van der Waals surface area contributed by atoms with E-state index in [1.807, 2.05) is 0 Å². The van der Waals surface area contributed by atoms with Crippen molar-refractivity contribution in [3.8, 4) is 5.69 Å². The molecule has 0 spiro atoms. The van der Waals surface area contributed by atoms with Crippen molar-refractivity contribution in [1.82, 2.24) is 15.1 Å². The van der Waals surface area contributed by atoms with Crippen LogP contribution in [0, 0.1) is 5.41 Å². The van der Waals surface area contributed by atoms with Crippen molar-refractivity contribution in [2.75, 3.05) is 0 Å². The number of guanidine groups is 1. The van der Waals surface area contributed by atoms with Crippen LogP contribution in [-0.4, -0.2) is 21.6 Å². The molecule has 3 rings (SSSR count). The van der Waals surface area contributed by atoms with Gasteiger partial charge in [-0.1, -0.05) is 12.1 Å². The van der Waals surface area contributed by atoms with Crippen LogP contribution in [0.1, 0.15) is 40.4 Å². The van der Waals surface area contributed by atoms with Gasteiger partial charge in [-0.2, -0.15) is 18.3 Å². The summed E-state index contributed by atoms with van der Waals surface area (Å²) in [5.74, 6) is -1.23. The Balaban J connectivity index is 0.00000225. The first-order chi connectivity index (χ1) is 11.3. The van der Waals surface area contributed by atoms with Crippen molar-refractivity contribution in [2.45, 2.75) is 24.9 Å². The zero-order valence-electron chi connectivity index (χ0n) is 12.8. The number of hydrogen-bond donors (Lipinski definition) is 3. The lowest BCUT2D eigenvalue weighted by Gasteiger charge is -2.15. The largest absolute Gasteiger partial charge is 0.418 e. The van der Waals surface area contributed by atoms with Gasteiger partial charge in [-0.05, 0) is 25.0 Å². The van der Waals surface area contributed by atoms with E-state index in [1.165, 1.54) is 24.4 Å². The topological polar surface area (TPSA) is 96.8 Å². The lowest BCUT2D eigenvalue weighted by atomic mass is 10.1. The smallest absolute Gasteiger partial charge is 0.370 e. The molecule has 0 aliphatic heterocycles. The highest BCUT2D eigenvalue weighted by molar-refractivity contribution is 6.05. The highest BCUT2D eigenvalue weighted by Gasteiger charge is 2.37. The maximum absolute atomic E-state index is 13.3. The molecule has 134 valence electrons. The molecule has 1 aromatic carbocycles. The van der Waals surface area contributed by atoms with Gasteiger partial charge in [0, 0.05) is 5.92 Å². The number of alkyl halides is 3. The Morgan fingerprint density at radius 3 is 2.52 bits per heavy atom. The zero-order chi connectivity index (χ0) is 17.5. The number of carbonyl (C=O) groups excluding carboxylic acids is 1. The Kier molecular flexibility index (Phi) is 5.07. The summed E-state index contributed by atoms with van der Waals surface area (Å²) < 4.78 is 40.9. The molecule has 0 radical (unpaired) electrons. The molecule has 1 fully saturated rings. The van der Waals surface area contributed by atoms with Gasteiger partial charge >= 0.3 is 6.18 Å². The second-order valence-corrected chi connectivity index (χ2v) is 5.51. The summed E-state index contributed by atoms with van der Waals surface area (Å²) in [5, 5.41) is 13.3. The molecule has 1 heterocycles. The fraction of sp³-hybridized carbons (Fsp3) is 0.267. The van der Waals surface area contributed by atoms with Crippen LogP contribution in [0.2, 0.25) is 0 Å². The van der Waals surface area contributed by atoms with Gasteiger partial charge in [-0.3, -0.25) is 15.5 Å². The highest BCUT2D eigenvalue weighted by atomic mass is 35.5. The van der Waals surface area contributed by atoms with Crippen LogP contribution in [0.5, 0.6) is 0 Å². The normalized spacial score (nSPS) is 13.9. The molecule has 4 N–H and O–H groups in total. The third-order valence-corrected chi connectivity index (χ3v) is 3.70. The van der Waals surface area contributed by atoms with E-state index in [0.717, 1.165) is 23.6 Å². The Labute approximate surface area is 147 Å². The number of hydrogen-bond acceptors (Lipinski definition) is 3. The lowest BCUT2D eigenvalue weighted by molar-refractivity contribution is -0.137. The van der Waals surface area contributed by atoms with Crippen LogP contribution < -0.4 is 11.1 Å². The molecular formula is C15H15ClF3N5O. The van der Waals surface area contributed by atoms with Gasteiger partial charge in [0.2, 0.25) is 0 Å². The van der Waals surface area contributed by atoms with E-state index < -0.39 is 23.6 Å². The molecule has 1 amide bonds. The van der Waals surface area contributed by atoms with Crippen molar-refractivity contribution in [3.05, 3.63) is 47.3 Å². The van der Waals surface area contributed by atoms with Gasteiger partial charge in [0.1, 0.15) is 0 Å². The van der Waals surface area contributed by atoms with Crippen LogP contribution in [0.25, 0.3) is 5.69 Å². The van der Waals surface area contributed by atoms with E-state index >= 15 is 0 Å².